The number of unbranched alkanes of at least 4 members (excludes halogenated alkanes) is 3. The molecule has 2 aromatic carbocycles. The Labute approximate surface area is 185 Å². The number of nitrogens with one attached hydrogen (secondary N) is 1. The van der Waals surface area contributed by atoms with Gasteiger partial charge in [-0.2, -0.15) is 0 Å². The van der Waals surface area contributed by atoms with Crippen LogP contribution < -0.4 is 10.1 Å². The van der Waals surface area contributed by atoms with E-state index in [1.165, 1.54) is 5.56 Å². The summed E-state index contributed by atoms with van der Waals surface area (Å²) >= 11 is 0. The van der Waals surface area contributed by atoms with Gasteiger partial charge in [0.1, 0.15) is 11.8 Å². The van der Waals surface area contributed by atoms with Gasteiger partial charge in [0.15, 0.2) is 0 Å². The minimum Gasteiger partial charge on any atom is -0.497 e. The maximum atomic E-state index is 12.7. The number of rotatable bonds is 10. The minimum absolute atomic E-state index is 0.0732. The summed E-state index contributed by atoms with van der Waals surface area (Å²) < 4.78 is 5.19. The Hall–Kier alpha value is -2.82. The van der Waals surface area contributed by atoms with E-state index in [0.717, 1.165) is 61.9 Å². The van der Waals surface area contributed by atoms with Crippen molar-refractivity contribution in [1.82, 2.24) is 4.90 Å². The number of aryl methyl sites for hydroxylation is 2. The summed E-state index contributed by atoms with van der Waals surface area (Å²) in [5, 5.41) is 2.98. The summed E-state index contributed by atoms with van der Waals surface area (Å²) in [6.07, 6.45) is 7.34. The fourth-order valence-corrected chi connectivity index (χ4v) is 4.18. The van der Waals surface area contributed by atoms with Gasteiger partial charge in [-0.3, -0.25) is 9.59 Å². The number of amides is 2. The number of carbonyl (C=O) groups is 2. The van der Waals surface area contributed by atoms with Crippen LogP contribution in [-0.2, 0) is 16.0 Å². The Bertz CT molecular complexity index is 863. The summed E-state index contributed by atoms with van der Waals surface area (Å²) in [6, 6.07) is 15.6. The molecule has 1 aliphatic heterocycles. The van der Waals surface area contributed by atoms with Crippen molar-refractivity contribution in [1.29, 1.82) is 0 Å². The van der Waals surface area contributed by atoms with Crippen LogP contribution in [0.5, 0.6) is 5.75 Å². The zero-order valence-electron chi connectivity index (χ0n) is 18.7. The first-order valence-electron chi connectivity index (χ1n) is 11.4. The van der Waals surface area contributed by atoms with E-state index in [2.05, 4.69) is 17.4 Å². The fourth-order valence-electron chi connectivity index (χ4n) is 4.18. The number of hydrogen-bond donors (Lipinski definition) is 1. The third-order valence-corrected chi connectivity index (χ3v) is 5.93. The van der Waals surface area contributed by atoms with Crippen molar-refractivity contribution in [3.8, 4) is 5.75 Å². The molecule has 0 saturated carbocycles. The smallest absolute Gasteiger partial charge is 0.247 e. The van der Waals surface area contributed by atoms with Crippen molar-refractivity contribution in [2.45, 2.75) is 64.3 Å². The zero-order valence-corrected chi connectivity index (χ0v) is 18.7. The second-order valence-corrected chi connectivity index (χ2v) is 8.37. The quantitative estimate of drug-likeness (QED) is 0.540. The molecule has 0 radical (unpaired) electrons. The Morgan fingerprint density at radius 3 is 2.58 bits per heavy atom. The van der Waals surface area contributed by atoms with E-state index in [0.29, 0.717) is 13.0 Å². The molecule has 166 valence electrons. The lowest BCUT2D eigenvalue weighted by Crippen LogP contribution is -2.43. The molecule has 1 heterocycles. The molecule has 2 aromatic rings. The molecular weight excluding hydrogens is 388 g/mol. The normalized spacial score (nSPS) is 15.7. The third kappa shape index (κ3) is 6.84. The molecular formula is C26H34N2O3. The monoisotopic (exact) mass is 422 g/mol. The summed E-state index contributed by atoms with van der Waals surface area (Å²) in [6.45, 7) is 2.68. The van der Waals surface area contributed by atoms with E-state index in [1.54, 1.807) is 12.0 Å². The van der Waals surface area contributed by atoms with E-state index in [-0.39, 0.29) is 17.9 Å². The van der Waals surface area contributed by atoms with Crippen molar-refractivity contribution in [2.24, 2.45) is 0 Å². The SMILES string of the molecule is COc1ccc(CCCCCCC(=O)N2CCC[C@@H]2C(=O)Nc2cccc(C)c2)cc1. The lowest BCUT2D eigenvalue weighted by molar-refractivity contribution is -0.136. The van der Waals surface area contributed by atoms with E-state index in [4.69, 9.17) is 4.74 Å². The summed E-state index contributed by atoms with van der Waals surface area (Å²) in [5.74, 6) is 0.919. The van der Waals surface area contributed by atoms with Crippen molar-refractivity contribution in [3.63, 3.8) is 0 Å². The van der Waals surface area contributed by atoms with Crippen LogP contribution in [0.4, 0.5) is 5.69 Å². The van der Waals surface area contributed by atoms with Crippen LogP contribution >= 0.6 is 0 Å². The third-order valence-electron chi connectivity index (χ3n) is 5.93. The van der Waals surface area contributed by atoms with Gasteiger partial charge in [-0.1, -0.05) is 37.1 Å². The Morgan fingerprint density at radius 2 is 1.84 bits per heavy atom. The number of likely N-dealkylation sites (tertiary alicyclic amines) is 1. The molecule has 2 amide bonds. The number of methoxy groups -OCH3 is 1. The number of ether oxygens (including phenoxy) is 1. The van der Waals surface area contributed by atoms with Gasteiger partial charge in [-0.15, -0.1) is 0 Å². The fraction of sp³-hybridized carbons (Fsp3) is 0.462. The Kier molecular flexibility index (Phi) is 8.51. The highest BCUT2D eigenvalue weighted by atomic mass is 16.5. The Balaban J connectivity index is 1.36. The molecule has 0 aromatic heterocycles. The molecule has 3 rings (SSSR count). The maximum Gasteiger partial charge on any atom is 0.247 e. The second-order valence-electron chi connectivity index (χ2n) is 8.37. The molecule has 1 fully saturated rings. The molecule has 5 nitrogen and oxygen atoms in total. The van der Waals surface area contributed by atoms with Crippen molar-refractivity contribution < 1.29 is 14.3 Å². The van der Waals surface area contributed by atoms with Crippen LogP contribution in [0.15, 0.2) is 48.5 Å². The van der Waals surface area contributed by atoms with Crippen LogP contribution in [0.1, 0.15) is 56.1 Å². The van der Waals surface area contributed by atoms with Gasteiger partial charge >= 0.3 is 0 Å². The number of hydrogen-bond acceptors (Lipinski definition) is 3. The van der Waals surface area contributed by atoms with Crippen LogP contribution in [0.25, 0.3) is 0 Å². The summed E-state index contributed by atoms with van der Waals surface area (Å²) in [7, 11) is 1.68. The van der Waals surface area contributed by atoms with Crippen molar-refractivity contribution >= 4 is 17.5 Å². The van der Waals surface area contributed by atoms with E-state index in [1.807, 2.05) is 43.3 Å². The summed E-state index contributed by atoms with van der Waals surface area (Å²) in [5.41, 5.74) is 3.21. The van der Waals surface area contributed by atoms with Gasteiger partial charge in [0.05, 0.1) is 7.11 Å². The largest absolute Gasteiger partial charge is 0.497 e. The summed E-state index contributed by atoms with van der Waals surface area (Å²) in [4.78, 5) is 27.2. The molecule has 31 heavy (non-hydrogen) atoms. The van der Waals surface area contributed by atoms with Gasteiger partial charge < -0.3 is 15.0 Å². The van der Waals surface area contributed by atoms with Crippen LogP contribution in [0.3, 0.4) is 0 Å². The molecule has 1 N–H and O–H groups in total. The van der Waals surface area contributed by atoms with Crippen LogP contribution in [0.2, 0.25) is 0 Å². The van der Waals surface area contributed by atoms with Gasteiger partial charge in [0.2, 0.25) is 11.8 Å². The second kappa shape index (κ2) is 11.5. The Morgan fingerprint density at radius 1 is 1.06 bits per heavy atom. The highest BCUT2D eigenvalue weighted by molar-refractivity contribution is 5.97. The highest BCUT2D eigenvalue weighted by Crippen LogP contribution is 2.22. The lowest BCUT2D eigenvalue weighted by atomic mass is 10.0. The molecule has 1 atom stereocenters. The lowest BCUT2D eigenvalue weighted by Gasteiger charge is -2.24. The molecule has 0 bridgehead atoms. The topological polar surface area (TPSA) is 58.6 Å². The standard InChI is InChI=1S/C26H34N2O3/c1-20-9-7-11-22(19-20)27-26(30)24-12-8-18-28(24)25(29)13-6-4-3-5-10-21-14-16-23(31-2)17-15-21/h7,9,11,14-17,19,24H,3-6,8,10,12-13,18H2,1-2H3,(H,27,30)/t24-/m1/s1. The first-order chi connectivity index (χ1) is 15.1. The van der Waals surface area contributed by atoms with Crippen LogP contribution in [0, 0.1) is 6.92 Å². The first kappa shape index (κ1) is 22.9. The molecule has 0 spiro atoms. The molecule has 0 aliphatic carbocycles. The average molecular weight is 423 g/mol. The first-order valence-corrected chi connectivity index (χ1v) is 11.4. The van der Waals surface area contributed by atoms with E-state index < -0.39 is 0 Å². The average Bonchev–Trinajstić information content (AvgIpc) is 3.27. The van der Waals surface area contributed by atoms with Crippen molar-refractivity contribution in [3.05, 3.63) is 59.7 Å². The molecule has 5 heteroatoms. The number of carbonyl (C=O) groups excluding carboxylic acids is 2. The van der Waals surface area contributed by atoms with Gasteiger partial charge in [0.25, 0.3) is 0 Å². The molecule has 1 saturated heterocycles. The van der Waals surface area contributed by atoms with Crippen LogP contribution in [-0.4, -0.2) is 36.4 Å². The number of anilines is 1. The van der Waals surface area contributed by atoms with Gasteiger partial charge in [-0.25, -0.2) is 0 Å². The van der Waals surface area contributed by atoms with Crippen molar-refractivity contribution in [2.75, 3.05) is 19.0 Å². The number of benzene rings is 2. The number of nitrogens with zero attached hydrogens (tertiary/aromatic N) is 1. The predicted molar refractivity (Wildman–Crippen MR) is 124 cm³/mol. The molecule has 0 unspecified atom stereocenters. The predicted octanol–water partition coefficient (Wildman–Crippen LogP) is 5.13. The van der Waals surface area contributed by atoms with Gasteiger partial charge in [0, 0.05) is 18.7 Å². The zero-order chi connectivity index (χ0) is 22.1. The highest BCUT2D eigenvalue weighted by Gasteiger charge is 2.33. The van der Waals surface area contributed by atoms with E-state index in [9.17, 15) is 9.59 Å². The van der Waals surface area contributed by atoms with E-state index >= 15 is 0 Å². The maximum absolute atomic E-state index is 12.7. The van der Waals surface area contributed by atoms with Gasteiger partial charge in [-0.05, 0) is 74.4 Å². The minimum atomic E-state index is -0.344. The molecule has 1 aliphatic rings.